The van der Waals surface area contributed by atoms with E-state index < -0.39 is 0 Å². The molecule has 306 valence electrons. The van der Waals surface area contributed by atoms with Gasteiger partial charge in [0.05, 0.1) is 26.4 Å². The Bertz CT molecular complexity index is 725. The van der Waals surface area contributed by atoms with Crippen molar-refractivity contribution in [3.63, 3.8) is 0 Å². The Morgan fingerprint density at radius 3 is 0.725 bits per heavy atom. The summed E-state index contributed by atoms with van der Waals surface area (Å²) in [6, 6.07) is 0. The van der Waals surface area contributed by atoms with E-state index >= 15 is 0 Å². The Balaban J connectivity index is 0.000000319. The lowest BCUT2D eigenvalue weighted by molar-refractivity contribution is -0.00389. The van der Waals surface area contributed by atoms with Crippen LogP contribution in [-0.2, 0) is 9.47 Å². The van der Waals surface area contributed by atoms with Crippen LogP contribution in [0.5, 0.6) is 0 Å². The minimum absolute atomic E-state index is 0.323. The molecule has 5 heterocycles. The topological polar surface area (TPSA) is 70.8 Å². The van der Waals surface area contributed by atoms with Gasteiger partial charge < -0.3 is 25.4 Å². The molecule has 0 radical (unpaired) electrons. The predicted molar refractivity (Wildman–Crippen MR) is 221 cm³/mol. The van der Waals surface area contributed by atoms with Crippen LogP contribution in [0.4, 0.5) is 0 Å². The van der Waals surface area contributed by atoms with Gasteiger partial charge in [-0.15, -0.1) is 0 Å². The number of hydrogen-bond donors (Lipinski definition) is 3. The van der Waals surface area contributed by atoms with Gasteiger partial charge in [0.1, 0.15) is 0 Å². The van der Waals surface area contributed by atoms with Gasteiger partial charge >= 0.3 is 0 Å². The number of rotatable bonds is 0. The third-order valence-corrected chi connectivity index (χ3v) is 10.3. The van der Waals surface area contributed by atoms with E-state index in [4.69, 9.17) is 9.47 Å². The van der Waals surface area contributed by atoms with Gasteiger partial charge in [0.25, 0.3) is 0 Å². The normalized spacial score (nSPS) is 23.1. The summed E-state index contributed by atoms with van der Waals surface area (Å²) >= 11 is 0. The summed E-state index contributed by atoms with van der Waals surface area (Å²) in [5, 5.41) is 10.1. The third kappa shape index (κ3) is 22.5. The van der Waals surface area contributed by atoms with Crippen molar-refractivity contribution in [3.05, 3.63) is 0 Å². The second-order valence-electron chi connectivity index (χ2n) is 19.6. The highest BCUT2D eigenvalue weighted by atomic mass is 16.5. The lowest BCUT2D eigenvalue weighted by atomic mass is 10.1. The van der Waals surface area contributed by atoms with Crippen molar-refractivity contribution in [1.29, 1.82) is 0 Å². The van der Waals surface area contributed by atoms with Gasteiger partial charge in [-0.05, 0) is 123 Å². The number of ether oxygens (including phenoxy) is 2. The molecule has 5 aliphatic heterocycles. The van der Waals surface area contributed by atoms with E-state index in [-0.39, 0.29) is 0 Å². The molecular formula is C41H90N8O2. The summed E-state index contributed by atoms with van der Waals surface area (Å²) in [7, 11) is 0. The van der Waals surface area contributed by atoms with E-state index in [1.54, 1.807) is 0 Å². The van der Waals surface area contributed by atoms with Gasteiger partial charge in [-0.1, -0.05) is 0 Å². The third-order valence-electron chi connectivity index (χ3n) is 10.3. The van der Waals surface area contributed by atoms with Crippen molar-refractivity contribution in [2.75, 3.05) is 131 Å². The summed E-state index contributed by atoms with van der Waals surface area (Å²) in [5.74, 6) is 0. The lowest BCUT2D eigenvalue weighted by Crippen LogP contribution is -2.51. The van der Waals surface area contributed by atoms with Crippen LogP contribution in [0.1, 0.15) is 110 Å². The fraction of sp³-hybridized carbons (Fsp3) is 1.00. The number of nitrogens with zero attached hydrogens (tertiary/aromatic N) is 5. The molecule has 0 aliphatic carbocycles. The van der Waals surface area contributed by atoms with Crippen LogP contribution in [0.15, 0.2) is 0 Å². The summed E-state index contributed by atoms with van der Waals surface area (Å²) in [5.41, 5.74) is 1.73. The minimum atomic E-state index is 0.323. The molecule has 10 nitrogen and oxygen atoms in total. The lowest BCUT2D eigenvalue weighted by Gasteiger charge is -2.38. The zero-order chi connectivity index (χ0) is 38.8. The smallest absolute Gasteiger partial charge is 0.0594 e. The highest BCUT2D eigenvalue weighted by Crippen LogP contribution is 2.16. The Morgan fingerprint density at radius 2 is 0.510 bits per heavy atom. The molecule has 5 fully saturated rings. The van der Waals surface area contributed by atoms with Crippen LogP contribution >= 0.6 is 0 Å². The molecule has 0 amide bonds. The molecule has 5 aliphatic rings. The molecule has 10 heteroatoms. The van der Waals surface area contributed by atoms with Crippen LogP contribution in [0.3, 0.4) is 0 Å². The first-order valence-electron chi connectivity index (χ1n) is 20.6. The Morgan fingerprint density at radius 1 is 0.294 bits per heavy atom. The molecule has 0 bridgehead atoms. The molecule has 0 unspecified atom stereocenters. The maximum Gasteiger partial charge on any atom is 0.0594 e. The molecule has 0 spiro atoms. The molecule has 0 saturated carbocycles. The van der Waals surface area contributed by atoms with Gasteiger partial charge in [-0.2, -0.15) is 0 Å². The number of morpholine rings is 2. The van der Waals surface area contributed by atoms with Crippen molar-refractivity contribution >= 4 is 0 Å². The number of nitrogens with one attached hydrogen (secondary N) is 3. The van der Waals surface area contributed by atoms with Crippen molar-refractivity contribution in [2.24, 2.45) is 0 Å². The Kier molecular flexibility index (Phi) is 22.4. The Hall–Kier alpha value is -0.400. The van der Waals surface area contributed by atoms with Crippen LogP contribution < -0.4 is 16.0 Å². The zero-order valence-corrected chi connectivity index (χ0v) is 36.9. The standard InChI is InChI=1S/C9H20N2.2C8H18N2.2C8H17NO/c1-9(2,3)11-7-4-5-10-6-8-11;2*1-8(2,3)10-6-4-9-5-7-10;2*1-8(2,3)9-4-6-10-7-5-9/h10H,4-8H2,1-3H3;2*9H,4-7H2,1-3H3;2*4-7H2,1-3H3. The van der Waals surface area contributed by atoms with Gasteiger partial charge in [-0.3, -0.25) is 24.5 Å². The molecule has 3 N–H and O–H groups in total. The van der Waals surface area contributed by atoms with Crippen LogP contribution in [0, 0.1) is 0 Å². The quantitative estimate of drug-likeness (QED) is 0.328. The summed E-state index contributed by atoms with van der Waals surface area (Å²) in [6.45, 7) is 56.1. The summed E-state index contributed by atoms with van der Waals surface area (Å²) in [4.78, 5) is 12.5. The first-order valence-corrected chi connectivity index (χ1v) is 20.6. The van der Waals surface area contributed by atoms with E-state index in [1.807, 2.05) is 0 Å². The van der Waals surface area contributed by atoms with Crippen molar-refractivity contribution in [2.45, 2.75) is 138 Å². The second-order valence-corrected chi connectivity index (χ2v) is 19.6. The average molecular weight is 727 g/mol. The predicted octanol–water partition coefficient (Wildman–Crippen LogP) is 4.69. The monoisotopic (exact) mass is 727 g/mol. The molecule has 0 aromatic rings. The Labute approximate surface area is 318 Å². The highest BCUT2D eigenvalue weighted by Gasteiger charge is 2.25. The maximum atomic E-state index is 5.25. The average Bonchev–Trinajstić information content (AvgIpc) is 3.37. The largest absolute Gasteiger partial charge is 0.379 e. The SMILES string of the molecule is CC(C)(C)N1CCCNCC1.CC(C)(C)N1CCNCC1.CC(C)(C)N1CCNCC1.CC(C)(C)N1CCOCC1.CC(C)(C)N1CCOCC1. The molecule has 0 aromatic carbocycles. The molecule has 5 rings (SSSR count). The molecule has 51 heavy (non-hydrogen) atoms. The summed E-state index contributed by atoms with van der Waals surface area (Å²) in [6.07, 6.45) is 1.29. The first-order chi connectivity index (χ1) is 23.5. The van der Waals surface area contributed by atoms with E-state index in [0.29, 0.717) is 27.7 Å². The molecular weight excluding hydrogens is 637 g/mol. The van der Waals surface area contributed by atoms with Gasteiger partial charge in [0.15, 0.2) is 0 Å². The van der Waals surface area contributed by atoms with E-state index in [1.165, 1.54) is 52.2 Å². The van der Waals surface area contributed by atoms with Crippen LogP contribution in [0.2, 0.25) is 0 Å². The van der Waals surface area contributed by atoms with Crippen molar-refractivity contribution in [3.8, 4) is 0 Å². The fourth-order valence-corrected chi connectivity index (χ4v) is 6.66. The van der Waals surface area contributed by atoms with Crippen molar-refractivity contribution < 1.29 is 9.47 Å². The van der Waals surface area contributed by atoms with E-state index in [9.17, 15) is 0 Å². The number of hydrogen-bond acceptors (Lipinski definition) is 10. The maximum absolute atomic E-state index is 5.25. The van der Waals surface area contributed by atoms with E-state index in [0.717, 1.165) is 85.3 Å². The second kappa shape index (κ2) is 23.5. The van der Waals surface area contributed by atoms with Gasteiger partial charge in [0, 0.05) is 119 Å². The van der Waals surface area contributed by atoms with E-state index in [2.05, 4.69) is 144 Å². The fourth-order valence-electron chi connectivity index (χ4n) is 6.66. The molecule has 5 saturated heterocycles. The first kappa shape index (κ1) is 48.6. The molecule has 0 atom stereocenters. The number of piperazine rings is 2. The molecule has 0 aromatic heterocycles. The zero-order valence-electron chi connectivity index (χ0n) is 36.9. The van der Waals surface area contributed by atoms with Crippen molar-refractivity contribution in [1.82, 2.24) is 40.4 Å². The highest BCUT2D eigenvalue weighted by molar-refractivity contribution is 4.82. The van der Waals surface area contributed by atoms with Gasteiger partial charge in [-0.25, -0.2) is 0 Å². The summed E-state index contributed by atoms with van der Waals surface area (Å²) < 4.78 is 10.5. The van der Waals surface area contributed by atoms with Gasteiger partial charge in [0.2, 0.25) is 0 Å². The van der Waals surface area contributed by atoms with Crippen LogP contribution in [-0.4, -0.2) is 183 Å². The minimum Gasteiger partial charge on any atom is -0.379 e. The van der Waals surface area contributed by atoms with Crippen LogP contribution in [0.25, 0.3) is 0 Å².